The highest BCUT2D eigenvalue weighted by molar-refractivity contribution is 5.76. The Morgan fingerprint density at radius 1 is 1.29 bits per heavy atom. The molecular formula is C26H37N2O3+. The molecule has 31 heavy (non-hydrogen) atoms. The lowest BCUT2D eigenvalue weighted by Crippen LogP contribution is -3.15. The number of quaternary nitrogens is 1. The molecule has 1 saturated carbocycles. The van der Waals surface area contributed by atoms with Crippen molar-refractivity contribution in [3.8, 4) is 0 Å². The van der Waals surface area contributed by atoms with E-state index in [9.17, 15) is 9.90 Å². The summed E-state index contributed by atoms with van der Waals surface area (Å²) in [4.78, 5) is 16.8. The van der Waals surface area contributed by atoms with E-state index in [-0.39, 0.29) is 29.3 Å². The minimum absolute atomic E-state index is 0.0718. The third-order valence-corrected chi connectivity index (χ3v) is 8.92. The van der Waals surface area contributed by atoms with Crippen molar-refractivity contribution in [3.63, 3.8) is 0 Å². The van der Waals surface area contributed by atoms with Crippen molar-refractivity contribution in [2.24, 2.45) is 23.2 Å². The van der Waals surface area contributed by atoms with Crippen LogP contribution < -0.4 is 9.80 Å². The first-order chi connectivity index (χ1) is 14.9. The first-order valence-corrected chi connectivity index (χ1v) is 12.1. The second-order valence-electron chi connectivity index (χ2n) is 10.6. The largest absolute Gasteiger partial charge is 0.461 e. The number of esters is 1. The lowest BCUT2D eigenvalue weighted by Gasteiger charge is -2.51. The molecule has 1 aromatic rings. The van der Waals surface area contributed by atoms with E-state index in [1.54, 1.807) is 0 Å². The van der Waals surface area contributed by atoms with Crippen LogP contribution in [0.2, 0.25) is 0 Å². The standard InChI is InChI=1S/C26H36N2O3/c1-17-6-4-9-20(14-17)28-12-10-27(11-13-28)16-21-23-22(31-25(21)30)15-19-8-5-7-18(2)26(19,3)24(23)29/h4,6,8-9,14,18,21-24,29H,5,7,10-13,15-16H2,1-3H3/p+1/t18-,21+,22+,23+,24+,26+/m0/s1. The maximum Gasteiger partial charge on any atom is 0.315 e. The number of hydrogen-bond acceptors (Lipinski definition) is 4. The fourth-order valence-electron chi connectivity index (χ4n) is 6.72. The number of piperazine rings is 1. The minimum Gasteiger partial charge on any atom is -0.461 e. The number of aryl methyl sites for hydroxylation is 1. The van der Waals surface area contributed by atoms with Crippen molar-refractivity contribution in [2.75, 3.05) is 37.6 Å². The van der Waals surface area contributed by atoms with Crippen molar-refractivity contribution in [1.29, 1.82) is 0 Å². The molecule has 0 unspecified atom stereocenters. The fourth-order valence-corrected chi connectivity index (χ4v) is 6.72. The highest BCUT2D eigenvalue weighted by atomic mass is 16.6. The molecule has 5 rings (SSSR count). The van der Waals surface area contributed by atoms with Crippen LogP contribution in [0.3, 0.4) is 0 Å². The maximum atomic E-state index is 12.9. The van der Waals surface area contributed by atoms with Gasteiger partial charge in [0.15, 0.2) is 0 Å². The molecule has 0 radical (unpaired) electrons. The Kier molecular flexibility index (Phi) is 5.38. The van der Waals surface area contributed by atoms with Gasteiger partial charge in [0.25, 0.3) is 0 Å². The number of hydrogen-bond donors (Lipinski definition) is 2. The summed E-state index contributed by atoms with van der Waals surface area (Å²) in [5, 5.41) is 11.5. The van der Waals surface area contributed by atoms with Gasteiger partial charge in [0.05, 0.1) is 38.8 Å². The molecule has 0 aromatic heterocycles. The summed E-state index contributed by atoms with van der Waals surface area (Å²) in [7, 11) is 0. The number of ether oxygens (including phenoxy) is 1. The summed E-state index contributed by atoms with van der Waals surface area (Å²) in [5.74, 6) is 0.0914. The van der Waals surface area contributed by atoms with Gasteiger partial charge in [-0.15, -0.1) is 0 Å². The van der Waals surface area contributed by atoms with Gasteiger partial charge in [-0.2, -0.15) is 0 Å². The Morgan fingerprint density at radius 3 is 2.81 bits per heavy atom. The number of carbonyl (C=O) groups is 1. The van der Waals surface area contributed by atoms with Crippen LogP contribution in [0.15, 0.2) is 35.9 Å². The highest BCUT2D eigenvalue weighted by Crippen LogP contribution is 2.55. The van der Waals surface area contributed by atoms with Crippen LogP contribution >= 0.6 is 0 Å². The number of allylic oxidation sites excluding steroid dienone is 1. The van der Waals surface area contributed by atoms with Crippen LogP contribution in [0.25, 0.3) is 0 Å². The van der Waals surface area contributed by atoms with E-state index in [1.165, 1.54) is 21.7 Å². The van der Waals surface area contributed by atoms with Gasteiger partial charge in [-0.1, -0.05) is 37.6 Å². The molecule has 0 spiro atoms. The van der Waals surface area contributed by atoms with E-state index < -0.39 is 6.10 Å². The van der Waals surface area contributed by atoms with Gasteiger partial charge in [0.2, 0.25) is 0 Å². The SMILES string of the molecule is Cc1cccc(N2CC[NH+](C[C@H]3C(=O)O[C@@H]4CC5=CCC[C@H](C)[C@@]5(C)[C@H](O)[C@@H]43)CC2)c1. The van der Waals surface area contributed by atoms with Crippen molar-refractivity contribution in [2.45, 2.75) is 52.2 Å². The Hall–Kier alpha value is -1.85. The third kappa shape index (κ3) is 3.50. The first kappa shape index (κ1) is 21.0. The summed E-state index contributed by atoms with van der Waals surface area (Å²) in [6.45, 7) is 11.4. The third-order valence-electron chi connectivity index (χ3n) is 8.92. The number of rotatable bonds is 3. The first-order valence-electron chi connectivity index (χ1n) is 12.1. The summed E-state index contributed by atoms with van der Waals surface area (Å²) >= 11 is 0. The molecule has 4 aliphatic rings. The Balaban J connectivity index is 1.28. The van der Waals surface area contributed by atoms with E-state index in [4.69, 9.17) is 4.74 Å². The monoisotopic (exact) mass is 425 g/mol. The van der Waals surface area contributed by atoms with Crippen LogP contribution in [0.1, 0.15) is 38.7 Å². The molecule has 5 heteroatoms. The topological polar surface area (TPSA) is 54.2 Å². The predicted molar refractivity (Wildman–Crippen MR) is 121 cm³/mol. The lowest BCUT2D eigenvalue weighted by molar-refractivity contribution is -0.903. The van der Waals surface area contributed by atoms with Gasteiger partial charge in [-0.3, -0.25) is 4.79 Å². The van der Waals surface area contributed by atoms with Crippen molar-refractivity contribution >= 4 is 11.7 Å². The number of aliphatic hydroxyl groups excluding tert-OH is 1. The molecule has 2 aliphatic heterocycles. The van der Waals surface area contributed by atoms with Gasteiger partial charge in [0, 0.05) is 23.4 Å². The minimum atomic E-state index is -0.503. The molecule has 0 amide bonds. The normalized spacial score (nSPS) is 38.3. The zero-order valence-corrected chi connectivity index (χ0v) is 19.1. The molecule has 168 valence electrons. The van der Waals surface area contributed by atoms with E-state index >= 15 is 0 Å². The van der Waals surface area contributed by atoms with Gasteiger partial charge in [-0.05, 0) is 43.4 Å². The summed E-state index contributed by atoms with van der Waals surface area (Å²) in [5.41, 5.74) is 3.68. The zero-order chi connectivity index (χ0) is 21.8. The van der Waals surface area contributed by atoms with Crippen LogP contribution in [0.5, 0.6) is 0 Å². The number of benzene rings is 1. The molecule has 2 heterocycles. The average Bonchev–Trinajstić information content (AvgIpc) is 3.06. The van der Waals surface area contributed by atoms with Gasteiger partial charge in [0.1, 0.15) is 12.0 Å². The van der Waals surface area contributed by atoms with Gasteiger partial charge in [-0.25, -0.2) is 0 Å². The molecule has 2 saturated heterocycles. The maximum absolute atomic E-state index is 12.9. The number of fused-ring (bicyclic) bond motifs is 2. The van der Waals surface area contributed by atoms with E-state index in [2.05, 4.69) is 56.0 Å². The van der Waals surface area contributed by atoms with Crippen molar-refractivity contribution in [1.82, 2.24) is 0 Å². The van der Waals surface area contributed by atoms with Crippen LogP contribution in [0, 0.1) is 30.1 Å². The van der Waals surface area contributed by atoms with Crippen LogP contribution in [0.4, 0.5) is 5.69 Å². The number of nitrogens with zero attached hydrogens (tertiary/aromatic N) is 1. The Labute approximate surface area is 186 Å². The fraction of sp³-hybridized carbons (Fsp3) is 0.654. The Bertz CT molecular complexity index is 875. The number of anilines is 1. The summed E-state index contributed by atoms with van der Waals surface area (Å²) < 4.78 is 5.86. The molecule has 0 bridgehead atoms. The molecule has 5 nitrogen and oxygen atoms in total. The highest BCUT2D eigenvalue weighted by Gasteiger charge is 2.60. The number of aliphatic hydroxyl groups is 1. The molecule has 1 aromatic carbocycles. The smallest absolute Gasteiger partial charge is 0.315 e. The number of nitrogens with one attached hydrogen (secondary N) is 1. The molecular weight excluding hydrogens is 388 g/mol. The molecule has 2 N–H and O–H groups in total. The van der Waals surface area contributed by atoms with Crippen molar-refractivity contribution < 1.29 is 19.5 Å². The van der Waals surface area contributed by atoms with E-state index in [0.717, 1.165) is 52.0 Å². The van der Waals surface area contributed by atoms with Gasteiger partial charge < -0.3 is 19.6 Å². The Morgan fingerprint density at radius 2 is 2.06 bits per heavy atom. The lowest BCUT2D eigenvalue weighted by atomic mass is 9.55. The molecule has 6 atom stereocenters. The van der Waals surface area contributed by atoms with Crippen LogP contribution in [-0.2, 0) is 9.53 Å². The molecule has 2 aliphatic carbocycles. The number of carbonyl (C=O) groups excluding carboxylic acids is 1. The predicted octanol–water partition coefficient (Wildman–Crippen LogP) is 1.98. The summed E-state index contributed by atoms with van der Waals surface area (Å²) in [6.07, 6.45) is 4.64. The second kappa shape index (κ2) is 7.93. The van der Waals surface area contributed by atoms with Crippen LogP contribution in [-0.4, -0.2) is 56.0 Å². The second-order valence-corrected chi connectivity index (χ2v) is 10.6. The van der Waals surface area contributed by atoms with E-state index in [0.29, 0.717) is 5.92 Å². The van der Waals surface area contributed by atoms with Crippen molar-refractivity contribution in [3.05, 3.63) is 41.5 Å². The average molecular weight is 426 g/mol. The zero-order valence-electron chi connectivity index (χ0n) is 19.1. The van der Waals surface area contributed by atoms with E-state index in [1.807, 2.05) is 0 Å². The molecule has 3 fully saturated rings. The summed E-state index contributed by atoms with van der Waals surface area (Å²) in [6, 6.07) is 8.70. The van der Waals surface area contributed by atoms with Gasteiger partial charge >= 0.3 is 5.97 Å². The quantitative estimate of drug-likeness (QED) is 0.575.